The van der Waals surface area contributed by atoms with Gasteiger partial charge in [0.1, 0.15) is 5.75 Å². The van der Waals surface area contributed by atoms with Gasteiger partial charge in [-0.1, -0.05) is 19.1 Å². The van der Waals surface area contributed by atoms with Gasteiger partial charge in [0.05, 0.1) is 12.7 Å². The zero-order chi connectivity index (χ0) is 14.9. The summed E-state index contributed by atoms with van der Waals surface area (Å²) in [7, 11) is 0. The van der Waals surface area contributed by atoms with Crippen LogP contribution in [0.1, 0.15) is 57.6 Å². The number of hydrogen-bond acceptors (Lipinski definition) is 3. The highest BCUT2D eigenvalue weighted by Gasteiger charge is 2.16. The summed E-state index contributed by atoms with van der Waals surface area (Å²) in [5, 5.41) is 3.59. The third kappa shape index (κ3) is 5.33. The van der Waals surface area contributed by atoms with E-state index >= 15 is 0 Å². The maximum Gasteiger partial charge on any atom is 0.119 e. The van der Waals surface area contributed by atoms with E-state index in [4.69, 9.17) is 9.47 Å². The standard InChI is InChI=1S/C18H29NO2/c1-3-19-18(9-5-7-16-8-6-14-21-16)15-10-12-17(13-11-15)20-4-2/h10-13,16,18-19H,3-9,14H2,1-2H3. The van der Waals surface area contributed by atoms with Gasteiger partial charge in [0.25, 0.3) is 0 Å². The first-order valence-electron chi connectivity index (χ1n) is 8.41. The molecule has 118 valence electrons. The van der Waals surface area contributed by atoms with E-state index in [0.717, 1.165) is 25.5 Å². The smallest absolute Gasteiger partial charge is 0.119 e. The van der Waals surface area contributed by atoms with Gasteiger partial charge in [-0.05, 0) is 63.3 Å². The molecule has 0 saturated carbocycles. The molecule has 1 aromatic rings. The fourth-order valence-electron chi connectivity index (χ4n) is 3.02. The Labute approximate surface area is 129 Å². The van der Waals surface area contributed by atoms with Crippen molar-refractivity contribution in [3.05, 3.63) is 29.8 Å². The molecular weight excluding hydrogens is 262 g/mol. The Hall–Kier alpha value is -1.06. The van der Waals surface area contributed by atoms with Crippen LogP contribution in [-0.2, 0) is 4.74 Å². The Morgan fingerprint density at radius 3 is 2.71 bits per heavy atom. The van der Waals surface area contributed by atoms with E-state index in [2.05, 4.69) is 36.5 Å². The minimum Gasteiger partial charge on any atom is -0.494 e. The van der Waals surface area contributed by atoms with Crippen molar-refractivity contribution in [1.82, 2.24) is 5.32 Å². The number of ether oxygens (including phenoxy) is 2. The van der Waals surface area contributed by atoms with Crippen molar-refractivity contribution in [2.45, 2.75) is 58.1 Å². The third-order valence-corrected chi connectivity index (χ3v) is 4.09. The van der Waals surface area contributed by atoms with Gasteiger partial charge in [-0.15, -0.1) is 0 Å². The van der Waals surface area contributed by atoms with Gasteiger partial charge >= 0.3 is 0 Å². The fourth-order valence-corrected chi connectivity index (χ4v) is 3.02. The lowest BCUT2D eigenvalue weighted by molar-refractivity contribution is 0.101. The summed E-state index contributed by atoms with van der Waals surface area (Å²) in [6.45, 7) is 6.86. The van der Waals surface area contributed by atoms with E-state index in [1.807, 2.05) is 6.92 Å². The minimum absolute atomic E-state index is 0.437. The summed E-state index contributed by atoms with van der Waals surface area (Å²) in [6.07, 6.45) is 6.57. The van der Waals surface area contributed by atoms with E-state index in [0.29, 0.717) is 12.1 Å². The molecule has 2 rings (SSSR count). The Morgan fingerprint density at radius 1 is 1.29 bits per heavy atom. The molecule has 3 nitrogen and oxygen atoms in total. The van der Waals surface area contributed by atoms with Crippen LogP contribution in [0.4, 0.5) is 0 Å². The summed E-state index contributed by atoms with van der Waals surface area (Å²) in [6, 6.07) is 8.95. The molecule has 0 aliphatic carbocycles. The highest BCUT2D eigenvalue weighted by atomic mass is 16.5. The maximum absolute atomic E-state index is 5.71. The summed E-state index contributed by atoms with van der Waals surface area (Å²) in [5.74, 6) is 0.954. The Morgan fingerprint density at radius 2 is 2.10 bits per heavy atom. The average molecular weight is 291 g/mol. The molecule has 1 aliphatic rings. The molecule has 0 bridgehead atoms. The third-order valence-electron chi connectivity index (χ3n) is 4.09. The Balaban J connectivity index is 1.84. The lowest BCUT2D eigenvalue weighted by Gasteiger charge is -2.19. The van der Waals surface area contributed by atoms with E-state index in [1.54, 1.807) is 0 Å². The van der Waals surface area contributed by atoms with Crippen molar-refractivity contribution < 1.29 is 9.47 Å². The van der Waals surface area contributed by atoms with E-state index in [1.165, 1.54) is 37.7 Å². The van der Waals surface area contributed by atoms with Crippen molar-refractivity contribution in [3.8, 4) is 5.75 Å². The van der Waals surface area contributed by atoms with E-state index in [-0.39, 0.29) is 0 Å². The normalized spacial score (nSPS) is 19.6. The SMILES string of the molecule is CCNC(CCCC1CCCO1)c1ccc(OCC)cc1. The minimum atomic E-state index is 0.437. The van der Waals surface area contributed by atoms with Crippen LogP contribution >= 0.6 is 0 Å². The fraction of sp³-hybridized carbons (Fsp3) is 0.667. The van der Waals surface area contributed by atoms with E-state index in [9.17, 15) is 0 Å². The molecule has 0 amide bonds. The van der Waals surface area contributed by atoms with Gasteiger partial charge in [0.15, 0.2) is 0 Å². The van der Waals surface area contributed by atoms with Crippen molar-refractivity contribution in [3.63, 3.8) is 0 Å². The second-order valence-corrected chi connectivity index (χ2v) is 5.68. The van der Waals surface area contributed by atoms with Crippen LogP contribution in [0, 0.1) is 0 Å². The van der Waals surface area contributed by atoms with Gasteiger partial charge in [0, 0.05) is 12.6 Å². The first kappa shape index (κ1) is 16.3. The van der Waals surface area contributed by atoms with E-state index < -0.39 is 0 Å². The number of benzene rings is 1. The lowest BCUT2D eigenvalue weighted by Crippen LogP contribution is -2.21. The van der Waals surface area contributed by atoms with Crippen LogP contribution in [0.15, 0.2) is 24.3 Å². The van der Waals surface area contributed by atoms with Crippen LogP contribution in [0.25, 0.3) is 0 Å². The van der Waals surface area contributed by atoms with Gasteiger partial charge in [-0.2, -0.15) is 0 Å². The summed E-state index contributed by atoms with van der Waals surface area (Å²) < 4.78 is 11.2. The zero-order valence-electron chi connectivity index (χ0n) is 13.4. The molecule has 3 heteroatoms. The topological polar surface area (TPSA) is 30.5 Å². The molecule has 2 unspecified atom stereocenters. The molecule has 1 aliphatic heterocycles. The Bertz CT molecular complexity index is 385. The van der Waals surface area contributed by atoms with Gasteiger partial charge in [0.2, 0.25) is 0 Å². The molecule has 1 N–H and O–H groups in total. The van der Waals surface area contributed by atoms with Crippen molar-refractivity contribution in [2.24, 2.45) is 0 Å². The highest BCUT2D eigenvalue weighted by Crippen LogP contribution is 2.24. The molecule has 21 heavy (non-hydrogen) atoms. The van der Waals surface area contributed by atoms with Crippen molar-refractivity contribution in [2.75, 3.05) is 19.8 Å². The Kier molecular flexibility index (Phi) is 7.04. The summed E-state index contributed by atoms with van der Waals surface area (Å²) in [4.78, 5) is 0. The lowest BCUT2D eigenvalue weighted by atomic mass is 9.99. The average Bonchev–Trinajstić information content (AvgIpc) is 3.01. The monoisotopic (exact) mass is 291 g/mol. The predicted octanol–water partition coefficient (Wildman–Crippen LogP) is 4.09. The molecule has 0 aromatic heterocycles. The molecule has 0 radical (unpaired) electrons. The molecule has 2 atom stereocenters. The van der Waals surface area contributed by atoms with Gasteiger partial charge in [-0.3, -0.25) is 0 Å². The predicted molar refractivity (Wildman–Crippen MR) is 86.9 cm³/mol. The highest BCUT2D eigenvalue weighted by molar-refractivity contribution is 5.29. The second-order valence-electron chi connectivity index (χ2n) is 5.68. The van der Waals surface area contributed by atoms with Crippen LogP contribution in [0.5, 0.6) is 5.75 Å². The first-order chi connectivity index (χ1) is 10.3. The molecular formula is C18H29NO2. The number of hydrogen-bond donors (Lipinski definition) is 1. The second kappa shape index (κ2) is 9.06. The van der Waals surface area contributed by atoms with Crippen LogP contribution < -0.4 is 10.1 Å². The number of rotatable bonds is 9. The largest absolute Gasteiger partial charge is 0.494 e. The van der Waals surface area contributed by atoms with Crippen molar-refractivity contribution in [1.29, 1.82) is 0 Å². The van der Waals surface area contributed by atoms with Gasteiger partial charge < -0.3 is 14.8 Å². The zero-order valence-corrected chi connectivity index (χ0v) is 13.4. The molecule has 1 aromatic carbocycles. The molecule has 1 saturated heterocycles. The van der Waals surface area contributed by atoms with Crippen molar-refractivity contribution >= 4 is 0 Å². The number of nitrogens with one attached hydrogen (secondary N) is 1. The molecule has 0 spiro atoms. The van der Waals surface area contributed by atoms with Gasteiger partial charge in [-0.25, -0.2) is 0 Å². The van der Waals surface area contributed by atoms with Crippen LogP contribution in [0.3, 0.4) is 0 Å². The van der Waals surface area contributed by atoms with Crippen LogP contribution in [0.2, 0.25) is 0 Å². The summed E-state index contributed by atoms with van der Waals surface area (Å²) in [5.41, 5.74) is 1.35. The maximum atomic E-state index is 5.71. The molecule has 1 heterocycles. The summed E-state index contributed by atoms with van der Waals surface area (Å²) >= 11 is 0. The quantitative estimate of drug-likeness (QED) is 0.743. The first-order valence-corrected chi connectivity index (χ1v) is 8.41. The van der Waals surface area contributed by atoms with Crippen LogP contribution in [-0.4, -0.2) is 25.9 Å². The molecule has 1 fully saturated rings.